The van der Waals surface area contributed by atoms with Gasteiger partial charge in [-0.2, -0.15) is 0 Å². The van der Waals surface area contributed by atoms with Crippen molar-refractivity contribution in [3.05, 3.63) is 95.8 Å². The van der Waals surface area contributed by atoms with Gasteiger partial charge in [-0.1, -0.05) is 42.5 Å². The lowest BCUT2D eigenvalue weighted by Crippen LogP contribution is -2.59. The van der Waals surface area contributed by atoms with E-state index in [-0.39, 0.29) is 24.1 Å². The number of para-hydroxylation sites is 2. The van der Waals surface area contributed by atoms with E-state index in [0.717, 1.165) is 40.6 Å². The number of carbonyl (C=O) groups is 2. The lowest BCUT2D eigenvalue weighted by Gasteiger charge is -2.34. The van der Waals surface area contributed by atoms with Gasteiger partial charge in [0.15, 0.2) is 17.1 Å². The van der Waals surface area contributed by atoms with Crippen LogP contribution >= 0.6 is 0 Å². The minimum atomic E-state index is -0.845. The molecule has 2 N–H and O–H groups in total. The second-order valence-electron chi connectivity index (χ2n) is 8.42. The number of nitrogens with one attached hydrogen (secondary N) is 2. The van der Waals surface area contributed by atoms with Gasteiger partial charge in [-0.15, -0.1) is 0 Å². The number of carbonyl (C=O) groups excluding carboxylic acids is 2. The fourth-order valence-electron chi connectivity index (χ4n) is 4.54. The molecule has 8 heteroatoms. The Morgan fingerprint density at radius 2 is 1.79 bits per heavy atom. The maximum absolute atomic E-state index is 14.1. The van der Waals surface area contributed by atoms with Crippen molar-refractivity contribution in [2.75, 3.05) is 5.32 Å². The first-order valence-corrected chi connectivity index (χ1v) is 11.0. The molecule has 0 spiro atoms. The van der Waals surface area contributed by atoms with Crippen LogP contribution in [-0.4, -0.2) is 21.7 Å². The zero-order valence-electron chi connectivity index (χ0n) is 18.5. The highest BCUT2D eigenvalue weighted by Gasteiger charge is 2.45. The third-order valence-corrected chi connectivity index (χ3v) is 6.21. The van der Waals surface area contributed by atoms with E-state index in [1.807, 2.05) is 66.1 Å². The van der Waals surface area contributed by atoms with Gasteiger partial charge in [0.25, 0.3) is 11.7 Å². The highest BCUT2D eigenvalue weighted by Crippen LogP contribution is 2.31. The molecule has 4 aromatic rings. The van der Waals surface area contributed by atoms with Gasteiger partial charge in [-0.3, -0.25) is 9.59 Å². The predicted molar refractivity (Wildman–Crippen MR) is 123 cm³/mol. The molecule has 34 heavy (non-hydrogen) atoms. The molecule has 5 rings (SSSR count). The van der Waals surface area contributed by atoms with Crippen LogP contribution < -0.4 is 9.88 Å². The number of amides is 2. The average molecular weight is 461 g/mol. The van der Waals surface area contributed by atoms with Crippen LogP contribution in [0.1, 0.15) is 36.8 Å². The summed E-state index contributed by atoms with van der Waals surface area (Å²) in [6.07, 6.45) is -0.230. The number of aromatic amines is 1. The lowest BCUT2D eigenvalue weighted by atomic mass is 10.0. The average Bonchev–Trinajstić information content (AvgIpc) is 3.22. The SMILES string of the molecule is CC1c2[nH]c3ccccc3[n+]2C(CC(=O)Nc2cc(F)ccc2F)C(=O)N1Cc1ccccc1. The molecule has 0 radical (unpaired) electrons. The molecular weight excluding hydrogens is 438 g/mol. The monoisotopic (exact) mass is 461 g/mol. The summed E-state index contributed by atoms with van der Waals surface area (Å²) in [6.45, 7) is 2.33. The third kappa shape index (κ3) is 3.91. The fourth-order valence-corrected chi connectivity index (χ4v) is 4.54. The molecule has 1 aliphatic heterocycles. The van der Waals surface area contributed by atoms with Gasteiger partial charge in [-0.05, 0) is 36.8 Å². The van der Waals surface area contributed by atoms with E-state index in [9.17, 15) is 18.4 Å². The van der Waals surface area contributed by atoms with E-state index in [0.29, 0.717) is 6.54 Å². The summed E-state index contributed by atoms with van der Waals surface area (Å²) in [7, 11) is 0. The molecule has 6 nitrogen and oxygen atoms in total. The van der Waals surface area contributed by atoms with Crippen LogP contribution in [0.25, 0.3) is 11.0 Å². The molecule has 2 heterocycles. The van der Waals surface area contributed by atoms with E-state index < -0.39 is 23.6 Å². The van der Waals surface area contributed by atoms with E-state index in [4.69, 9.17) is 0 Å². The molecule has 0 bridgehead atoms. The molecule has 0 saturated heterocycles. The number of nitrogens with zero attached hydrogens (tertiary/aromatic N) is 2. The fraction of sp³-hybridized carbons (Fsp3) is 0.192. The van der Waals surface area contributed by atoms with E-state index in [1.165, 1.54) is 0 Å². The number of anilines is 1. The van der Waals surface area contributed by atoms with Crippen LogP contribution in [0.4, 0.5) is 14.5 Å². The zero-order chi connectivity index (χ0) is 23.8. The number of H-pyrrole nitrogens is 1. The standard InChI is InChI=1S/C26H22F2N4O2/c1-16-25-30-20-9-5-6-10-22(20)32(25)23(26(34)31(16)15-17-7-3-2-4-8-17)14-24(33)29-21-13-18(27)11-12-19(21)28/h2-13,16,23H,14-15H2,1H3,(H,29,33)/p+1. The summed E-state index contributed by atoms with van der Waals surface area (Å²) in [5.41, 5.74) is 2.36. The Morgan fingerprint density at radius 1 is 1.06 bits per heavy atom. The molecule has 2 amide bonds. The second kappa shape index (κ2) is 8.70. The quantitative estimate of drug-likeness (QED) is 0.433. The van der Waals surface area contributed by atoms with Crippen molar-refractivity contribution in [3.8, 4) is 0 Å². The van der Waals surface area contributed by atoms with Crippen LogP contribution in [0.3, 0.4) is 0 Å². The van der Waals surface area contributed by atoms with E-state index in [1.54, 1.807) is 4.90 Å². The lowest BCUT2D eigenvalue weighted by molar-refractivity contribution is -0.699. The Bertz CT molecular complexity index is 1390. The van der Waals surface area contributed by atoms with Crippen LogP contribution in [-0.2, 0) is 16.1 Å². The van der Waals surface area contributed by atoms with Crippen molar-refractivity contribution in [1.29, 1.82) is 0 Å². The molecule has 3 aromatic carbocycles. The van der Waals surface area contributed by atoms with E-state index >= 15 is 0 Å². The predicted octanol–water partition coefficient (Wildman–Crippen LogP) is 4.41. The minimum absolute atomic E-state index is 0.214. The Hall–Kier alpha value is -4.07. The number of hydrogen-bond acceptors (Lipinski definition) is 2. The Morgan fingerprint density at radius 3 is 2.59 bits per heavy atom. The molecule has 0 fully saturated rings. The summed E-state index contributed by atoms with van der Waals surface area (Å²) >= 11 is 0. The van der Waals surface area contributed by atoms with Gasteiger partial charge in [0, 0.05) is 12.6 Å². The number of rotatable bonds is 5. The van der Waals surface area contributed by atoms with Crippen molar-refractivity contribution in [3.63, 3.8) is 0 Å². The van der Waals surface area contributed by atoms with Crippen molar-refractivity contribution >= 4 is 28.5 Å². The zero-order valence-corrected chi connectivity index (χ0v) is 18.5. The Labute approximate surface area is 194 Å². The second-order valence-corrected chi connectivity index (χ2v) is 8.42. The van der Waals surface area contributed by atoms with Gasteiger partial charge >= 0.3 is 0 Å². The number of hydrogen-bond donors (Lipinski definition) is 2. The maximum Gasteiger partial charge on any atom is 0.278 e. The van der Waals surface area contributed by atoms with Crippen LogP contribution in [0.15, 0.2) is 72.8 Å². The molecule has 0 aliphatic carbocycles. The van der Waals surface area contributed by atoms with Crippen molar-refractivity contribution in [2.45, 2.75) is 32.0 Å². The van der Waals surface area contributed by atoms with Crippen LogP contribution in [0, 0.1) is 11.6 Å². The molecule has 172 valence electrons. The first-order chi connectivity index (χ1) is 16.4. The topological polar surface area (TPSA) is 69.1 Å². The smallest absolute Gasteiger partial charge is 0.278 e. The number of imidazole rings is 1. The molecule has 2 atom stereocenters. The van der Waals surface area contributed by atoms with Crippen molar-refractivity contribution in [1.82, 2.24) is 9.88 Å². The maximum atomic E-state index is 14.1. The van der Waals surface area contributed by atoms with Gasteiger partial charge in [0.05, 0.1) is 12.1 Å². The first-order valence-electron chi connectivity index (χ1n) is 11.0. The molecule has 0 saturated carbocycles. The third-order valence-electron chi connectivity index (χ3n) is 6.21. The molecular formula is C26H23F2N4O2+. The highest BCUT2D eigenvalue weighted by atomic mass is 19.1. The minimum Gasteiger partial charge on any atom is -0.323 e. The molecule has 1 aromatic heterocycles. The summed E-state index contributed by atoms with van der Waals surface area (Å²) < 4.78 is 29.5. The van der Waals surface area contributed by atoms with Gasteiger partial charge < -0.3 is 10.2 Å². The number of benzene rings is 3. The number of aromatic nitrogens is 2. The van der Waals surface area contributed by atoms with Crippen molar-refractivity contribution in [2.24, 2.45) is 0 Å². The number of fused-ring (bicyclic) bond motifs is 3. The normalized spacial score (nSPS) is 17.6. The van der Waals surface area contributed by atoms with Crippen molar-refractivity contribution < 1.29 is 22.9 Å². The van der Waals surface area contributed by atoms with Gasteiger partial charge in [-0.25, -0.2) is 18.3 Å². The van der Waals surface area contributed by atoms with Gasteiger partial charge in [0.1, 0.15) is 17.7 Å². The Balaban J connectivity index is 1.51. The van der Waals surface area contributed by atoms with Gasteiger partial charge in [0.2, 0.25) is 5.91 Å². The summed E-state index contributed by atoms with van der Waals surface area (Å²) in [5.74, 6) is -1.41. The largest absolute Gasteiger partial charge is 0.323 e. The Kier molecular flexibility index (Phi) is 5.57. The summed E-state index contributed by atoms with van der Waals surface area (Å²) in [5, 5.41) is 2.42. The summed E-state index contributed by atoms with van der Waals surface area (Å²) in [6, 6.07) is 18.9. The summed E-state index contributed by atoms with van der Waals surface area (Å²) in [4.78, 5) is 31.8. The molecule has 2 unspecified atom stereocenters. The van der Waals surface area contributed by atoms with Crippen LogP contribution in [0.5, 0.6) is 0 Å². The van der Waals surface area contributed by atoms with E-state index in [2.05, 4.69) is 10.3 Å². The molecule has 1 aliphatic rings. The highest BCUT2D eigenvalue weighted by molar-refractivity contribution is 5.94. The number of halogens is 2. The first kappa shape index (κ1) is 21.8. The van der Waals surface area contributed by atoms with Crippen LogP contribution in [0.2, 0.25) is 0 Å².